The fourth-order valence-electron chi connectivity index (χ4n) is 1.71. The van der Waals surface area contributed by atoms with Crippen molar-refractivity contribution in [3.05, 3.63) is 58.6 Å². The number of methoxy groups -OCH3 is 1. The maximum absolute atomic E-state index is 11.7. The van der Waals surface area contributed by atoms with Gasteiger partial charge in [0, 0.05) is 21.8 Å². The van der Waals surface area contributed by atoms with Gasteiger partial charge in [-0.25, -0.2) is 5.43 Å². The Hall–Kier alpha value is -2.34. The van der Waals surface area contributed by atoms with Crippen molar-refractivity contribution in [3.8, 4) is 5.75 Å². The van der Waals surface area contributed by atoms with E-state index < -0.39 is 0 Å². The first-order valence-electron chi connectivity index (χ1n) is 6.63. The monoisotopic (exact) mass is 361 g/mol. The largest absolute Gasteiger partial charge is 0.497 e. The molecule has 5 nitrogen and oxygen atoms in total. The van der Waals surface area contributed by atoms with Gasteiger partial charge in [-0.15, -0.1) is 0 Å². The zero-order valence-electron chi connectivity index (χ0n) is 12.0. The number of hydrazone groups is 1. The number of hydrogen-bond acceptors (Lipinski definition) is 4. The molecule has 0 aliphatic rings. The van der Waals surface area contributed by atoms with Crippen LogP contribution in [0.15, 0.2) is 58.1 Å². The molecule has 0 aromatic heterocycles. The van der Waals surface area contributed by atoms with Crippen LogP contribution in [0.4, 0.5) is 5.69 Å². The molecule has 1 amide bonds. The highest BCUT2D eigenvalue weighted by atomic mass is 79.9. The van der Waals surface area contributed by atoms with Crippen LogP contribution < -0.4 is 15.5 Å². The molecule has 0 bridgehead atoms. The van der Waals surface area contributed by atoms with E-state index in [1.165, 1.54) is 0 Å². The van der Waals surface area contributed by atoms with Crippen molar-refractivity contribution in [1.82, 2.24) is 5.43 Å². The van der Waals surface area contributed by atoms with Gasteiger partial charge in [-0.3, -0.25) is 4.79 Å². The van der Waals surface area contributed by atoms with Crippen LogP contribution in [0.5, 0.6) is 5.75 Å². The second-order valence-corrected chi connectivity index (χ2v) is 5.25. The number of ether oxygens (including phenoxy) is 1. The van der Waals surface area contributed by atoms with E-state index in [0.717, 1.165) is 21.5 Å². The maximum atomic E-state index is 11.7. The van der Waals surface area contributed by atoms with Crippen LogP contribution in [0.3, 0.4) is 0 Å². The molecule has 2 rings (SSSR count). The lowest BCUT2D eigenvalue weighted by molar-refractivity contribution is -0.119. The Kier molecular flexibility index (Phi) is 5.97. The molecule has 0 saturated carbocycles. The molecule has 0 saturated heterocycles. The first kappa shape index (κ1) is 16.0. The summed E-state index contributed by atoms with van der Waals surface area (Å²) in [7, 11) is 1.60. The molecule has 0 unspecified atom stereocenters. The van der Waals surface area contributed by atoms with Gasteiger partial charge < -0.3 is 10.1 Å². The van der Waals surface area contributed by atoms with Crippen molar-refractivity contribution in [2.75, 3.05) is 19.0 Å². The minimum Gasteiger partial charge on any atom is -0.497 e. The average Bonchev–Trinajstić information content (AvgIpc) is 2.55. The van der Waals surface area contributed by atoms with Crippen molar-refractivity contribution in [2.24, 2.45) is 5.10 Å². The Labute approximate surface area is 137 Å². The third-order valence-electron chi connectivity index (χ3n) is 2.82. The third kappa shape index (κ3) is 4.89. The van der Waals surface area contributed by atoms with E-state index in [0.29, 0.717) is 0 Å². The number of carbonyl (C=O) groups excluding carboxylic acids is 1. The molecule has 0 atom stereocenters. The standard InChI is InChI=1S/C16H16BrN3O2/c1-22-14-7-4-6-13(9-14)18-11-16(21)20-19-10-12-5-2-3-8-15(12)17/h2-10,18H,11H2,1H3,(H,20,21)/b19-10-. The molecule has 0 aliphatic carbocycles. The Balaban J connectivity index is 1.82. The highest BCUT2D eigenvalue weighted by Gasteiger charge is 2.01. The molecule has 6 heteroatoms. The summed E-state index contributed by atoms with van der Waals surface area (Å²) in [5, 5.41) is 6.93. The van der Waals surface area contributed by atoms with Crippen molar-refractivity contribution < 1.29 is 9.53 Å². The molecule has 2 aromatic rings. The topological polar surface area (TPSA) is 62.7 Å². The Morgan fingerprint density at radius 1 is 1.27 bits per heavy atom. The summed E-state index contributed by atoms with van der Waals surface area (Å²) in [5.41, 5.74) is 4.17. The van der Waals surface area contributed by atoms with E-state index in [1.54, 1.807) is 13.3 Å². The summed E-state index contributed by atoms with van der Waals surface area (Å²) in [6.45, 7) is 0.125. The van der Waals surface area contributed by atoms with Crippen molar-refractivity contribution >= 4 is 33.7 Å². The fourth-order valence-corrected chi connectivity index (χ4v) is 2.10. The summed E-state index contributed by atoms with van der Waals surface area (Å²) >= 11 is 3.41. The van der Waals surface area contributed by atoms with Gasteiger partial charge in [-0.2, -0.15) is 5.10 Å². The number of halogens is 1. The molecular weight excluding hydrogens is 346 g/mol. The van der Waals surface area contributed by atoms with Crippen LogP contribution in [0.25, 0.3) is 0 Å². The number of nitrogens with zero attached hydrogens (tertiary/aromatic N) is 1. The molecule has 0 fully saturated rings. The number of nitrogens with one attached hydrogen (secondary N) is 2. The van der Waals surface area contributed by atoms with E-state index in [9.17, 15) is 4.79 Å². The van der Waals surface area contributed by atoms with Gasteiger partial charge in [-0.1, -0.05) is 40.2 Å². The van der Waals surface area contributed by atoms with Crippen LogP contribution >= 0.6 is 15.9 Å². The van der Waals surface area contributed by atoms with Gasteiger partial charge >= 0.3 is 0 Å². The van der Waals surface area contributed by atoms with Crippen LogP contribution in [0.2, 0.25) is 0 Å². The molecule has 22 heavy (non-hydrogen) atoms. The van der Waals surface area contributed by atoms with E-state index in [-0.39, 0.29) is 12.5 Å². The van der Waals surface area contributed by atoms with Crippen LogP contribution in [-0.4, -0.2) is 25.8 Å². The molecule has 0 aliphatic heterocycles. The lowest BCUT2D eigenvalue weighted by Gasteiger charge is -2.07. The Bertz CT molecular complexity index is 674. The molecular formula is C16H16BrN3O2. The van der Waals surface area contributed by atoms with Gasteiger partial charge in [-0.05, 0) is 18.2 Å². The fraction of sp³-hybridized carbons (Fsp3) is 0.125. The van der Waals surface area contributed by atoms with Crippen molar-refractivity contribution in [1.29, 1.82) is 0 Å². The SMILES string of the molecule is COc1cccc(NCC(=O)N/N=C\c2ccccc2Br)c1. The number of benzene rings is 2. The van der Waals surface area contributed by atoms with E-state index in [2.05, 4.69) is 31.8 Å². The normalized spacial score (nSPS) is 10.5. The quantitative estimate of drug-likeness (QED) is 0.613. The van der Waals surface area contributed by atoms with Crippen LogP contribution in [0, 0.1) is 0 Å². The summed E-state index contributed by atoms with van der Waals surface area (Å²) in [5.74, 6) is 0.503. The van der Waals surface area contributed by atoms with Crippen LogP contribution in [-0.2, 0) is 4.79 Å². The molecule has 114 valence electrons. The second kappa shape index (κ2) is 8.19. The smallest absolute Gasteiger partial charge is 0.259 e. The Morgan fingerprint density at radius 2 is 2.09 bits per heavy atom. The first-order valence-corrected chi connectivity index (χ1v) is 7.42. The average molecular weight is 362 g/mol. The number of carbonyl (C=O) groups is 1. The molecule has 0 spiro atoms. The number of hydrogen-bond donors (Lipinski definition) is 2. The van der Waals surface area contributed by atoms with Crippen molar-refractivity contribution in [2.45, 2.75) is 0 Å². The molecule has 0 heterocycles. The zero-order chi connectivity index (χ0) is 15.8. The minimum atomic E-state index is -0.230. The lowest BCUT2D eigenvalue weighted by Crippen LogP contribution is -2.25. The van der Waals surface area contributed by atoms with E-state index >= 15 is 0 Å². The van der Waals surface area contributed by atoms with Crippen LogP contribution in [0.1, 0.15) is 5.56 Å². The third-order valence-corrected chi connectivity index (χ3v) is 3.54. The minimum absolute atomic E-state index is 0.125. The molecule has 2 aromatic carbocycles. The van der Waals surface area contributed by atoms with Gasteiger partial charge in [0.05, 0.1) is 19.9 Å². The van der Waals surface area contributed by atoms with Gasteiger partial charge in [0.2, 0.25) is 0 Å². The Morgan fingerprint density at radius 3 is 2.86 bits per heavy atom. The predicted octanol–water partition coefficient (Wildman–Crippen LogP) is 3.02. The highest BCUT2D eigenvalue weighted by Crippen LogP contribution is 2.16. The highest BCUT2D eigenvalue weighted by molar-refractivity contribution is 9.10. The second-order valence-electron chi connectivity index (χ2n) is 4.40. The van der Waals surface area contributed by atoms with Gasteiger partial charge in [0.25, 0.3) is 5.91 Å². The number of amides is 1. The summed E-state index contributed by atoms with van der Waals surface area (Å²) in [4.78, 5) is 11.7. The van der Waals surface area contributed by atoms with Gasteiger partial charge in [0.15, 0.2) is 0 Å². The van der Waals surface area contributed by atoms with E-state index in [4.69, 9.17) is 4.74 Å². The summed E-state index contributed by atoms with van der Waals surface area (Å²) in [6.07, 6.45) is 1.59. The van der Waals surface area contributed by atoms with Gasteiger partial charge in [0.1, 0.15) is 5.75 Å². The molecule has 2 N–H and O–H groups in total. The number of rotatable bonds is 6. The van der Waals surface area contributed by atoms with E-state index in [1.807, 2.05) is 48.5 Å². The first-order chi connectivity index (χ1) is 10.7. The van der Waals surface area contributed by atoms with Crippen molar-refractivity contribution in [3.63, 3.8) is 0 Å². The maximum Gasteiger partial charge on any atom is 0.259 e. The predicted molar refractivity (Wildman–Crippen MR) is 91.4 cm³/mol. The lowest BCUT2D eigenvalue weighted by atomic mass is 10.2. The summed E-state index contributed by atoms with van der Waals surface area (Å²) in [6, 6.07) is 15.0. The summed E-state index contributed by atoms with van der Waals surface area (Å²) < 4.78 is 6.04. The zero-order valence-corrected chi connectivity index (χ0v) is 13.6. The number of anilines is 1. The molecule has 0 radical (unpaired) electrons.